The lowest BCUT2D eigenvalue weighted by Gasteiger charge is -2.38. The molecule has 7 heteroatoms. The van der Waals surface area contributed by atoms with Crippen LogP contribution in [0.25, 0.3) is 11.3 Å². The molecule has 3 N–H and O–H groups in total. The lowest BCUT2D eigenvalue weighted by atomic mass is 9.94. The van der Waals surface area contributed by atoms with Gasteiger partial charge < -0.3 is 20.2 Å². The van der Waals surface area contributed by atoms with Crippen molar-refractivity contribution < 1.29 is 14.0 Å². The van der Waals surface area contributed by atoms with E-state index in [0.29, 0.717) is 19.3 Å². The Balaban J connectivity index is 1.85. The first-order valence-corrected chi connectivity index (χ1v) is 17.6. The predicted octanol–water partition coefficient (Wildman–Crippen LogP) is 7.53. The summed E-state index contributed by atoms with van der Waals surface area (Å²) < 4.78 is 12.8. The van der Waals surface area contributed by atoms with Crippen LogP contribution in [0.1, 0.15) is 59.1 Å². The number of hydrogen-bond donors (Lipinski definition) is 2. The van der Waals surface area contributed by atoms with E-state index in [0.717, 1.165) is 35.0 Å². The van der Waals surface area contributed by atoms with E-state index in [1.807, 2.05) is 63.4 Å². The van der Waals surface area contributed by atoms with Gasteiger partial charge in [-0.25, -0.2) is 4.79 Å². The van der Waals surface area contributed by atoms with Gasteiger partial charge in [0.05, 0.1) is 17.8 Å². The molecule has 6 nitrogen and oxygen atoms in total. The van der Waals surface area contributed by atoms with E-state index in [9.17, 15) is 4.79 Å². The third kappa shape index (κ3) is 10.4. The number of carbonyl (C=O) groups is 1. The zero-order valence-corrected chi connectivity index (χ0v) is 26.7. The Hall–Kier alpha value is -3.00. The van der Waals surface area contributed by atoms with E-state index >= 15 is 0 Å². The average Bonchev–Trinajstić information content (AvgIpc) is 2.95. The smallest absolute Gasteiger partial charge is 0.407 e. The number of ether oxygens (including phenoxy) is 1. The highest BCUT2D eigenvalue weighted by molar-refractivity contribution is 6.73. The van der Waals surface area contributed by atoms with Crippen molar-refractivity contribution in [3.63, 3.8) is 0 Å². The first kappa shape index (κ1) is 32.5. The van der Waals surface area contributed by atoms with Crippen LogP contribution < -0.4 is 11.1 Å². The number of aromatic nitrogens is 1. The molecule has 3 rings (SSSR count). The fourth-order valence-electron chi connectivity index (χ4n) is 5.25. The molecule has 0 bridgehead atoms. The van der Waals surface area contributed by atoms with Crippen molar-refractivity contribution >= 4 is 14.4 Å². The third-order valence-electron chi connectivity index (χ3n) is 7.73. The Morgan fingerprint density at radius 1 is 0.878 bits per heavy atom. The lowest BCUT2D eigenvalue weighted by molar-refractivity contribution is 0.0421. The van der Waals surface area contributed by atoms with Gasteiger partial charge in [-0.2, -0.15) is 0 Å². The molecule has 3 atom stereocenters. The monoisotopic (exact) mass is 575 g/mol. The molecule has 1 heterocycles. The van der Waals surface area contributed by atoms with Crippen LogP contribution in [-0.4, -0.2) is 43.2 Å². The summed E-state index contributed by atoms with van der Waals surface area (Å²) in [5, 5.41) is 3.19. The SMILES string of the molecule is CC[Si](CC)(CC)O[C@@H](C[C@@H](N)Cc1ccc(-c2ccccn2)cc1)[C@H](Cc1ccccc1)NC(=O)OC(C)(C)C. The van der Waals surface area contributed by atoms with Gasteiger partial charge >= 0.3 is 6.09 Å². The molecular formula is C34H49N3O3Si. The van der Waals surface area contributed by atoms with Crippen LogP contribution in [0, 0.1) is 0 Å². The summed E-state index contributed by atoms with van der Waals surface area (Å²) in [6, 6.07) is 27.3. The molecule has 222 valence electrons. The highest BCUT2D eigenvalue weighted by atomic mass is 28.4. The van der Waals surface area contributed by atoms with Crippen molar-refractivity contribution in [2.75, 3.05) is 0 Å². The minimum absolute atomic E-state index is 0.142. The van der Waals surface area contributed by atoms with E-state index in [1.165, 1.54) is 5.56 Å². The minimum atomic E-state index is -2.02. The van der Waals surface area contributed by atoms with Crippen molar-refractivity contribution in [3.8, 4) is 11.3 Å². The standard InChI is InChI=1S/C34H49N3O3Si/c1-7-41(8-2,9-3)40-32(31(24-26-15-11-10-12-16-26)37-33(38)39-34(4,5)6)25-29(35)23-27-18-20-28(21-19-27)30-17-13-14-22-36-30/h10-22,29,31-32H,7-9,23-25,35H2,1-6H3,(H,37,38)/t29-,31-,32-/m0/s1. The van der Waals surface area contributed by atoms with E-state index in [1.54, 1.807) is 0 Å². The quantitative estimate of drug-likeness (QED) is 0.194. The molecule has 0 aliphatic rings. The Morgan fingerprint density at radius 2 is 1.49 bits per heavy atom. The van der Waals surface area contributed by atoms with Crippen molar-refractivity contribution in [2.45, 2.75) is 103 Å². The zero-order valence-electron chi connectivity index (χ0n) is 25.7. The summed E-state index contributed by atoms with van der Waals surface area (Å²) in [5.74, 6) is 0. The molecule has 0 unspecified atom stereocenters. The molecule has 0 aliphatic heterocycles. The maximum absolute atomic E-state index is 13.0. The van der Waals surface area contributed by atoms with Gasteiger partial charge in [0.15, 0.2) is 8.32 Å². The second-order valence-electron chi connectivity index (χ2n) is 12.0. The molecule has 3 aromatic rings. The first-order valence-electron chi connectivity index (χ1n) is 15.0. The highest BCUT2D eigenvalue weighted by Crippen LogP contribution is 2.28. The number of benzene rings is 2. The van der Waals surface area contributed by atoms with E-state index in [-0.39, 0.29) is 18.2 Å². The van der Waals surface area contributed by atoms with Crippen LogP contribution >= 0.6 is 0 Å². The fraction of sp³-hybridized carbons (Fsp3) is 0.471. The molecule has 1 aromatic heterocycles. The Labute approximate surface area is 248 Å². The topological polar surface area (TPSA) is 86.5 Å². The van der Waals surface area contributed by atoms with Gasteiger partial charge in [0.25, 0.3) is 0 Å². The van der Waals surface area contributed by atoms with Crippen molar-refractivity contribution in [2.24, 2.45) is 5.73 Å². The van der Waals surface area contributed by atoms with Crippen molar-refractivity contribution in [1.82, 2.24) is 10.3 Å². The average molecular weight is 576 g/mol. The van der Waals surface area contributed by atoms with Crippen molar-refractivity contribution in [3.05, 3.63) is 90.1 Å². The molecule has 0 saturated carbocycles. The van der Waals surface area contributed by atoms with Gasteiger partial charge in [-0.1, -0.05) is 81.4 Å². The van der Waals surface area contributed by atoms with Crippen molar-refractivity contribution in [1.29, 1.82) is 0 Å². The van der Waals surface area contributed by atoms with Crippen LogP contribution in [0.3, 0.4) is 0 Å². The molecule has 2 aromatic carbocycles. The van der Waals surface area contributed by atoms with E-state index in [4.69, 9.17) is 14.9 Å². The maximum Gasteiger partial charge on any atom is 0.407 e. The lowest BCUT2D eigenvalue weighted by Crippen LogP contribution is -2.53. The molecule has 0 radical (unpaired) electrons. The van der Waals surface area contributed by atoms with Crippen LogP contribution in [0.15, 0.2) is 79.0 Å². The summed E-state index contributed by atoms with van der Waals surface area (Å²) in [6.07, 6.45) is 3.12. The van der Waals surface area contributed by atoms with E-state index < -0.39 is 20.0 Å². The largest absolute Gasteiger partial charge is 0.444 e. The van der Waals surface area contributed by atoms with Gasteiger partial charge in [-0.3, -0.25) is 4.98 Å². The number of hydrogen-bond acceptors (Lipinski definition) is 5. The maximum atomic E-state index is 13.0. The van der Waals surface area contributed by atoms with Crippen LogP contribution in [0.4, 0.5) is 4.79 Å². The molecule has 1 amide bonds. The minimum Gasteiger partial charge on any atom is -0.444 e. The van der Waals surface area contributed by atoms with Gasteiger partial charge in [0.2, 0.25) is 0 Å². The Kier molecular flexibility index (Phi) is 12.1. The van der Waals surface area contributed by atoms with E-state index in [2.05, 4.69) is 67.5 Å². The zero-order chi connectivity index (χ0) is 29.9. The number of nitrogens with two attached hydrogens (primary N) is 1. The summed E-state index contributed by atoms with van der Waals surface area (Å²) in [6.45, 7) is 12.3. The van der Waals surface area contributed by atoms with Gasteiger partial charge in [0.1, 0.15) is 5.60 Å². The molecule has 0 aliphatic carbocycles. The highest BCUT2D eigenvalue weighted by Gasteiger charge is 2.37. The van der Waals surface area contributed by atoms with Crippen LogP contribution in [0.5, 0.6) is 0 Å². The Morgan fingerprint density at radius 3 is 2.05 bits per heavy atom. The van der Waals surface area contributed by atoms with Crippen LogP contribution in [0.2, 0.25) is 18.1 Å². The van der Waals surface area contributed by atoms with Crippen LogP contribution in [-0.2, 0) is 22.0 Å². The number of amides is 1. The molecule has 0 spiro atoms. The molecule has 0 saturated heterocycles. The number of rotatable bonds is 14. The summed E-state index contributed by atoms with van der Waals surface area (Å²) in [4.78, 5) is 17.5. The number of nitrogens with zero attached hydrogens (tertiary/aromatic N) is 1. The summed E-state index contributed by atoms with van der Waals surface area (Å²) >= 11 is 0. The number of alkyl carbamates (subject to hydrolysis) is 1. The first-order chi connectivity index (χ1) is 19.6. The predicted molar refractivity (Wildman–Crippen MR) is 171 cm³/mol. The fourth-order valence-corrected chi connectivity index (χ4v) is 8.15. The van der Waals surface area contributed by atoms with Gasteiger partial charge in [0, 0.05) is 17.8 Å². The Bertz CT molecular complexity index is 1170. The number of carbonyl (C=O) groups excluding carboxylic acids is 1. The number of pyridine rings is 1. The van der Waals surface area contributed by atoms with Gasteiger partial charge in [-0.05, 0) is 81.4 Å². The summed E-state index contributed by atoms with van der Waals surface area (Å²) in [5.41, 5.74) is 10.6. The normalized spacial score (nSPS) is 14.2. The molecular weight excluding hydrogens is 526 g/mol. The van der Waals surface area contributed by atoms with Gasteiger partial charge in [-0.15, -0.1) is 0 Å². The second-order valence-corrected chi connectivity index (χ2v) is 16.7. The third-order valence-corrected chi connectivity index (χ3v) is 12.4. The summed E-state index contributed by atoms with van der Waals surface area (Å²) in [7, 11) is -2.02. The molecule has 0 fully saturated rings. The molecule has 41 heavy (non-hydrogen) atoms. The number of nitrogens with one attached hydrogen (secondary N) is 1. The second kappa shape index (κ2) is 15.3.